The molecule has 0 aliphatic heterocycles. The summed E-state index contributed by atoms with van der Waals surface area (Å²) in [4.78, 5) is 13.4. The van der Waals surface area contributed by atoms with E-state index in [9.17, 15) is 18.0 Å². The number of nitrogens with two attached hydrogens (primary N) is 2. The molecule has 1 aromatic rings. The highest BCUT2D eigenvalue weighted by atomic mass is 32.2. The Labute approximate surface area is 116 Å². The maximum atomic E-state index is 12.2. The van der Waals surface area contributed by atoms with Crippen molar-refractivity contribution in [1.82, 2.24) is 0 Å². The van der Waals surface area contributed by atoms with Crippen molar-refractivity contribution in [2.45, 2.75) is 17.5 Å². The Balaban J connectivity index is 2.99. The standard InChI is InChI=1S/C10H14F3N3OS2/c1-16(4-3-10(11,12)13)9-7(18-2)5(14)6(19-9)8(15)17/h3-4,14H2,1-2H3,(H2,15,17). The summed E-state index contributed by atoms with van der Waals surface area (Å²) in [5.74, 6) is -0.673. The van der Waals surface area contributed by atoms with Crippen LogP contribution in [-0.2, 0) is 0 Å². The predicted molar refractivity (Wildman–Crippen MR) is 73.0 cm³/mol. The zero-order valence-corrected chi connectivity index (χ0v) is 12.0. The zero-order valence-electron chi connectivity index (χ0n) is 10.4. The molecule has 1 aromatic heterocycles. The topological polar surface area (TPSA) is 72.3 Å². The number of amides is 1. The number of nitrogen functional groups attached to an aromatic ring is 1. The SMILES string of the molecule is CSc1c(N(C)CCC(F)(F)F)sc(C(N)=O)c1N. The van der Waals surface area contributed by atoms with Crippen molar-refractivity contribution in [3.63, 3.8) is 0 Å². The van der Waals surface area contributed by atoms with Gasteiger partial charge in [0.1, 0.15) is 9.88 Å². The third-order valence-corrected chi connectivity index (χ3v) is 4.67. The Hall–Kier alpha value is -1.09. The van der Waals surface area contributed by atoms with Gasteiger partial charge in [-0.05, 0) is 6.26 Å². The first kappa shape index (κ1) is 16.0. The Bertz CT molecular complexity index is 473. The van der Waals surface area contributed by atoms with Gasteiger partial charge in [-0.15, -0.1) is 23.1 Å². The van der Waals surface area contributed by atoms with Gasteiger partial charge >= 0.3 is 6.18 Å². The Morgan fingerprint density at radius 1 is 1.47 bits per heavy atom. The number of hydrogen-bond donors (Lipinski definition) is 2. The van der Waals surface area contributed by atoms with E-state index in [1.165, 1.54) is 23.7 Å². The molecule has 0 fully saturated rings. The number of carbonyl (C=O) groups excluding carboxylic acids is 1. The Morgan fingerprint density at radius 2 is 2.05 bits per heavy atom. The van der Waals surface area contributed by atoms with Crippen molar-refractivity contribution in [3.8, 4) is 0 Å². The van der Waals surface area contributed by atoms with Crippen molar-refractivity contribution in [3.05, 3.63) is 4.88 Å². The second-order valence-corrected chi connectivity index (χ2v) is 5.65. The third kappa shape index (κ3) is 3.93. The van der Waals surface area contributed by atoms with Crippen molar-refractivity contribution < 1.29 is 18.0 Å². The molecule has 0 saturated carbocycles. The predicted octanol–water partition coefficient (Wildman–Crippen LogP) is 2.54. The van der Waals surface area contributed by atoms with Crippen molar-refractivity contribution >= 4 is 39.7 Å². The highest BCUT2D eigenvalue weighted by Crippen LogP contribution is 2.43. The summed E-state index contributed by atoms with van der Waals surface area (Å²) >= 11 is 2.29. The lowest BCUT2D eigenvalue weighted by atomic mass is 10.3. The van der Waals surface area contributed by atoms with Crippen molar-refractivity contribution in [1.29, 1.82) is 0 Å². The van der Waals surface area contributed by atoms with E-state index >= 15 is 0 Å². The minimum atomic E-state index is -4.22. The number of anilines is 2. The maximum Gasteiger partial charge on any atom is 0.390 e. The maximum absolute atomic E-state index is 12.2. The minimum absolute atomic E-state index is 0.179. The van der Waals surface area contributed by atoms with Gasteiger partial charge in [-0.3, -0.25) is 4.79 Å². The van der Waals surface area contributed by atoms with Gasteiger partial charge in [-0.1, -0.05) is 0 Å². The molecule has 4 nitrogen and oxygen atoms in total. The molecular weight excluding hydrogens is 299 g/mol. The van der Waals surface area contributed by atoms with E-state index in [2.05, 4.69) is 0 Å². The molecule has 0 aliphatic rings. The fourth-order valence-corrected chi connectivity index (χ4v) is 3.49. The van der Waals surface area contributed by atoms with Crippen LogP contribution in [0.15, 0.2) is 4.90 Å². The minimum Gasteiger partial charge on any atom is -0.396 e. The van der Waals surface area contributed by atoms with Crippen LogP contribution in [0.2, 0.25) is 0 Å². The third-order valence-electron chi connectivity index (χ3n) is 2.39. The molecule has 4 N–H and O–H groups in total. The van der Waals surface area contributed by atoms with E-state index in [4.69, 9.17) is 11.5 Å². The number of rotatable bonds is 5. The molecular formula is C10H14F3N3OS2. The normalized spacial score (nSPS) is 11.6. The fourth-order valence-electron chi connectivity index (χ4n) is 1.44. The van der Waals surface area contributed by atoms with Gasteiger partial charge in [0.2, 0.25) is 0 Å². The molecule has 0 saturated heterocycles. The lowest BCUT2D eigenvalue weighted by molar-refractivity contribution is -0.132. The van der Waals surface area contributed by atoms with E-state index in [1.807, 2.05) is 0 Å². The number of carbonyl (C=O) groups is 1. The van der Waals surface area contributed by atoms with Crippen LogP contribution in [0.25, 0.3) is 0 Å². The molecule has 0 unspecified atom stereocenters. The van der Waals surface area contributed by atoms with Gasteiger partial charge in [0.05, 0.1) is 17.0 Å². The number of hydrogen-bond acceptors (Lipinski definition) is 5. The van der Waals surface area contributed by atoms with Gasteiger partial charge in [-0.2, -0.15) is 13.2 Å². The number of alkyl halides is 3. The monoisotopic (exact) mass is 313 g/mol. The van der Waals surface area contributed by atoms with E-state index in [1.54, 1.807) is 6.26 Å². The molecule has 0 spiro atoms. The van der Waals surface area contributed by atoms with Crippen LogP contribution in [0.3, 0.4) is 0 Å². The Morgan fingerprint density at radius 3 is 2.47 bits per heavy atom. The van der Waals surface area contributed by atoms with E-state index in [-0.39, 0.29) is 17.1 Å². The first-order valence-electron chi connectivity index (χ1n) is 5.21. The molecule has 1 heterocycles. The van der Waals surface area contributed by atoms with E-state index in [0.29, 0.717) is 9.90 Å². The highest BCUT2D eigenvalue weighted by Gasteiger charge is 2.28. The van der Waals surface area contributed by atoms with Crippen molar-refractivity contribution in [2.75, 3.05) is 30.5 Å². The van der Waals surface area contributed by atoms with Gasteiger partial charge < -0.3 is 16.4 Å². The van der Waals surface area contributed by atoms with Gasteiger partial charge in [-0.25, -0.2) is 0 Å². The molecule has 0 bridgehead atoms. The summed E-state index contributed by atoms with van der Waals surface area (Å²) < 4.78 is 36.6. The van der Waals surface area contributed by atoms with Crippen LogP contribution in [0.4, 0.5) is 23.9 Å². The summed E-state index contributed by atoms with van der Waals surface area (Å²) in [6.07, 6.45) is -3.41. The van der Waals surface area contributed by atoms with Gasteiger partial charge in [0.25, 0.3) is 5.91 Å². The lowest BCUT2D eigenvalue weighted by Crippen LogP contribution is -2.23. The first-order chi connectivity index (χ1) is 8.67. The Kier molecular flexibility index (Phi) is 4.97. The molecule has 19 heavy (non-hydrogen) atoms. The number of thiophene rings is 1. The first-order valence-corrected chi connectivity index (χ1v) is 7.25. The molecule has 0 aromatic carbocycles. The molecule has 9 heteroatoms. The van der Waals surface area contributed by atoms with Crippen LogP contribution in [-0.4, -0.2) is 31.9 Å². The molecule has 1 rings (SSSR count). The summed E-state index contributed by atoms with van der Waals surface area (Å²) in [7, 11) is 1.53. The van der Waals surface area contributed by atoms with E-state index in [0.717, 1.165) is 11.3 Å². The van der Waals surface area contributed by atoms with Crippen molar-refractivity contribution in [2.24, 2.45) is 5.73 Å². The van der Waals surface area contributed by atoms with Gasteiger partial charge in [0.15, 0.2) is 0 Å². The number of primary amides is 1. The number of thioether (sulfide) groups is 1. The van der Waals surface area contributed by atoms with Crippen LogP contribution < -0.4 is 16.4 Å². The summed E-state index contributed by atoms with van der Waals surface area (Å²) in [6, 6.07) is 0. The summed E-state index contributed by atoms with van der Waals surface area (Å²) in [6.45, 7) is -0.199. The zero-order chi connectivity index (χ0) is 14.8. The smallest absolute Gasteiger partial charge is 0.390 e. The highest BCUT2D eigenvalue weighted by molar-refractivity contribution is 7.99. The second-order valence-electron chi connectivity index (χ2n) is 3.83. The second kappa shape index (κ2) is 5.91. The number of nitrogens with zero attached hydrogens (tertiary/aromatic N) is 1. The molecule has 0 radical (unpaired) electrons. The lowest BCUT2D eigenvalue weighted by Gasteiger charge is -2.19. The summed E-state index contributed by atoms with van der Waals surface area (Å²) in [5.41, 5.74) is 11.2. The summed E-state index contributed by atoms with van der Waals surface area (Å²) in [5, 5.41) is 0.531. The van der Waals surface area contributed by atoms with E-state index < -0.39 is 18.5 Å². The van der Waals surface area contributed by atoms with Crippen LogP contribution >= 0.6 is 23.1 Å². The fraction of sp³-hybridized carbons (Fsp3) is 0.500. The van der Waals surface area contributed by atoms with Crippen LogP contribution in [0.5, 0.6) is 0 Å². The molecule has 1 amide bonds. The number of halogens is 3. The average molecular weight is 313 g/mol. The quantitative estimate of drug-likeness (QED) is 0.819. The largest absolute Gasteiger partial charge is 0.396 e. The van der Waals surface area contributed by atoms with Crippen LogP contribution in [0.1, 0.15) is 16.1 Å². The molecule has 108 valence electrons. The van der Waals surface area contributed by atoms with Gasteiger partial charge in [0, 0.05) is 13.6 Å². The molecule has 0 atom stereocenters. The van der Waals surface area contributed by atoms with Crippen LogP contribution in [0, 0.1) is 0 Å². The average Bonchev–Trinajstić information content (AvgIpc) is 2.62. The molecule has 0 aliphatic carbocycles.